The number of hydrogen-bond donors (Lipinski definition) is 0. The Bertz CT molecular complexity index is 2920. The number of hydrogen-bond acceptors (Lipinski definition) is 11. The fourth-order valence-electron chi connectivity index (χ4n) is 8.75. The minimum Gasteiger partial charge on any atom is -0.466 e. The van der Waals surface area contributed by atoms with Crippen molar-refractivity contribution in [3.05, 3.63) is 156 Å². The third-order valence-corrected chi connectivity index (χ3v) is 13.5. The number of ether oxygens (including phenoxy) is 5. The van der Waals surface area contributed by atoms with E-state index in [4.69, 9.17) is 23.7 Å². The summed E-state index contributed by atoms with van der Waals surface area (Å²) >= 11 is 3.16. The van der Waals surface area contributed by atoms with Gasteiger partial charge in [-0.15, -0.1) is 0 Å². The molecule has 11 heteroatoms. The van der Waals surface area contributed by atoms with Gasteiger partial charge in [0.15, 0.2) is 0 Å². The first-order valence-corrected chi connectivity index (χ1v) is 23.9. The van der Waals surface area contributed by atoms with Crippen molar-refractivity contribution in [1.29, 1.82) is 0 Å². The number of fused-ring (bicyclic) bond motifs is 4. The van der Waals surface area contributed by atoms with Gasteiger partial charge in [-0.25, -0.2) is 0 Å². The maximum atomic E-state index is 12.3. The summed E-state index contributed by atoms with van der Waals surface area (Å²) in [5.74, 6) is -0.264. The van der Waals surface area contributed by atoms with Gasteiger partial charge in [-0.05, 0) is 91.0 Å². The predicted octanol–water partition coefficient (Wildman–Crippen LogP) is 12.8. The molecule has 0 saturated carbocycles. The first-order chi connectivity index (χ1) is 32.6. The van der Waals surface area contributed by atoms with Gasteiger partial charge in [0.2, 0.25) is 0 Å². The zero-order valence-electron chi connectivity index (χ0n) is 37.8. The van der Waals surface area contributed by atoms with Gasteiger partial charge in [-0.2, -0.15) is 0 Å². The van der Waals surface area contributed by atoms with Crippen LogP contribution in [0.2, 0.25) is 0 Å². The van der Waals surface area contributed by atoms with E-state index >= 15 is 0 Å². The zero-order chi connectivity index (χ0) is 46.9. The van der Waals surface area contributed by atoms with E-state index in [1.54, 1.807) is 23.5 Å². The molecule has 0 bridgehead atoms. The van der Waals surface area contributed by atoms with Gasteiger partial charge in [0.25, 0.3) is 0 Å². The Labute approximate surface area is 398 Å². The summed E-state index contributed by atoms with van der Waals surface area (Å²) in [6.45, 7) is 6.26. The van der Waals surface area contributed by atoms with Crippen LogP contribution in [0.3, 0.4) is 0 Å². The van der Waals surface area contributed by atoms with Crippen molar-refractivity contribution in [2.45, 2.75) is 73.0 Å². The molecule has 0 fully saturated rings. The van der Waals surface area contributed by atoms with Crippen molar-refractivity contribution in [3.63, 3.8) is 0 Å². The van der Waals surface area contributed by atoms with Gasteiger partial charge < -0.3 is 23.7 Å². The standard InChI is InChI=1S/C56H50O9S2/c1-35(57)61-31-27-45-41-19-11-13-21-43(41)49(29-33-63-37(3)59)53-47(45)23-25-51(66-39-15-7-5-8-16-39)55(53)65-56-52(67-40-17-9-6-10-18-40)26-24-48-46(28-32-62-36(2)58)42-20-12-14-22-44(42)50(54(48)56)30-34-64-38(4)60/h5-26H,27-34H2,1-4H3. The molecule has 0 aliphatic rings. The van der Waals surface area contributed by atoms with Crippen LogP contribution in [0.15, 0.2) is 153 Å². The molecule has 8 rings (SSSR count). The van der Waals surface area contributed by atoms with Crippen LogP contribution < -0.4 is 4.74 Å². The molecule has 0 atom stereocenters. The monoisotopic (exact) mass is 930 g/mol. The Balaban J connectivity index is 1.50. The van der Waals surface area contributed by atoms with Crippen molar-refractivity contribution >= 4 is 90.5 Å². The fraction of sp³-hybridized carbons (Fsp3) is 0.214. The van der Waals surface area contributed by atoms with Crippen LogP contribution in [0, 0.1) is 0 Å². The summed E-state index contributed by atoms with van der Waals surface area (Å²) in [5, 5.41) is 7.43. The van der Waals surface area contributed by atoms with E-state index in [9.17, 15) is 19.2 Å². The lowest BCUT2D eigenvalue weighted by atomic mass is 9.88. The second-order valence-electron chi connectivity index (χ2n) is 15.9. The van der Waals surface area contributed by atoms with Crippen LogP contribution >= 0.6 is 23.5 Å². The molecule has 0 N–H and O–H groups in total. The molecule has 0 aliphatic carbocycles. The third-order valence-electron chi connectivity index (χ3n) is 11.4. The van der Waals surface area contributed by atoms with Crippen LogP contribution in [0.5, 0.6) is 11.5 Å². The third kappa shape index (κ3) is 10.9. The molecule has 0 amide bonds. The fourth-order valence-corrected chi connectivity index (χ4v) is 10.6. The summed E-state index contributed by atoms with van der Waals surface area (Å²) < 4.78 is 30.3. The van der Waals surface area contributed by atoms with Crippen LogP contribution in [0.25, 0.3) is 43.1 Å². The van der Waals surface area contributed by atoms with Gasteiger partial charge in [0.05, 0.1) is 36.2 Å². The van der Waals surface area contributed by atoms with Crippen LogP contribution in [-0.4, -0.2) is 50.3 Å². The molecular formula is C56H50O9S2. The highest BCUT2D eigenvalue weighted by Gasteiger charge is 2.26. The molecular weight excluding hydrogens is 881 g/mol. The maximum absolute atomic E-state index is 12.3. The molecule has 8 aromatic carbocycles. The molecule has 67 heavy (non-hydrogen) atoms. The largest absolute Gasteiger partial charge is 0.466 e. The van der Waals surface area contributed by atoms with Crippen LogP contribution in [-0.2, 0) is 63.8 Å². The molecule has 0 radical (unpaired) electrons. The molecule has 0 spiro atoms. The van der Waals surface area contributed by atoms with Crippen LogP contribution in [0.4, 0.5) is 0 Å². The molecule has 0 saturated heterocycles. The Morgan fingerprint density at radius 1 is 0.358 bits per heavy atom. The van der Waals surface area contributed by atoms with Crippen molar-refractivity contribution in [3.8, 4) is 11.5 Å². The van der Waals surface area contributed by atoms with Gasteiger partial charge in [-0.3, -0.25) is 19.2 Å². The van der Waals surface area contributed by atoms with E-state index in [1.807, 2.05) is 60.7 Å². The number of esters is 4. The molecule has 0 unspecified atom stereocenters. The predicted molar refractivity (Wildman–Crippen MR) is 265 cm³/mol. The lowest BCUT2D eigenvalue weighted by Gasteiger charge is -2.25. The van der Waals surface area contributed by atoms with E-state index in [0.29, 0.717) is 37.2 Å². The Kier molecular flexibility index (Phi) is 15.1. The van der Waals surface area contributed by atoms with Gasteiger partial charge >= 0.3 is 23.9 Å². The van der Waals surface area contributed by atoms with Gasteiger partial charge in [0, 0.05) is 73.9 Å². The first kappa shape index (κ1) is 46.7. The quantitative estimate of drug-likeness (QED) is 0.0465. The summed E-state index contributed by atoms with van der Waals surface area (Å²) in [7, 11) is 0. The lowest BCUT2D eigenvalue weighted by Crippen LogP contribution is -2.09. The Morgan fingerprint density at radius 2 is 0.657 bits per heavy atom. The number of benzene rings is 8. The van der Waals surface area contributed by atoms with E-state index in [0.717, 1.165) is 84.9 Å². The average Bonchev–Trinajstić information content (AvgIpc) is 3.31. The minimum atomic E-state index is -0.375. The summed E-state index contributed by atoms with van der Waals surface area (Å²) in [6.07, 6.45) is 1.65. The lowest BCUT2D eigenvalue weighted by molar-refractivity contribution is -0.141. The highest BCUT2D eigenvalue weighted by atomic mass is 32.2. The molecule has 0 aromatic heterocycles. The van der Waals surface area contributed by atoms with Crippen molar-refractivity contribution < 1.29 is 42.9 Å². The minimum absolute atomic E-state index is 0.137. The van der Waals surface area contributed by atoms with E-state index in [2.05, 4.69) is 72.8 Å². The first-order valence-electron chi connectivity index (χ1n) is 22.2. The molecule has 8 aromatic rings. The zero-order valence-corrected chi connectivity index (χ0v) is 39.5. The average molecular weight is 931 g/mol. The number of carbonyl (C=O) groups excluding carboxylic acids is 4. The van der Waals surface area contributed by atoms with E-state index < -0.39 is 0 Å². The second-order valence-corrected chi connectivity index (χ2v) is 18.2. The molecule has 340 valence electrons. The molecule has 0 aliphatic heterocycles. The SMILES string of the molecule is CC(=O)OCCc1c2ccccc2c(CCOC(C)=O)c2c(Oc3c(Sc4ccccc4)ccc4c(CCOC(C)=O)c5ccccc5c(CCOC(C)=O)c34)c(Sc3ccccc3)ccc12. The van der Waals surface area contributed by atoms with Gasteiger partial charge in [0.1, 0.15) is 11.5 Å². The molecule has 9 nitrogen and oxygen atoms in total. The Morgan fingerprint density at radius 3 is 0.985 bits per heavy atom. The number of rotatable bonds is 18. The number of carbonyl (C=O) groups is 4. The smallest absolute Gasteiger partial charge is 0.302 e. The second kappa shape index (κ2) is 21.7. The summed E-state index contributed by atoms with van der Waals surface area (Å²) in [6, 6.07) is 45.0. The summed E-state index contributed by atoms with van der Waals surface area (Å²) in [5.41, 5.74) is 3.85. The van der Waals surface area contributed by atoms with Crippen molar-refractivity contribution in [2.75, 3.05) is 26.4 Å². The van der Waals surface area contributed by atoms with E-state index in [-0.39, 0.29) is 50.3 Å². The van der Waals surface area contributed by atoms with Gasteiger partial charge in [-0.1, -0.05) is 121 Å². The highest BCUT2D eigenvalue weighted by Crippen LogP contribution is 2.52. The Hall–Kier alpha value is -6.82. The topological polar surface area (TPSA) is 114 Å². The van der Waals surface area contributed by atoms with Crippen molar-refractivity contribution in [1.82, 2.24) is 0 Å². The normalized spacial score (nSPS) is 11.2. The highest BCUT2D eigenvalue weighted by molar-refractivity contribution is 7.99. The maximum Gasteiger partial charge on any atom is 0.302 e. The van der Waals surface area contributed by atoms with E-state index in [1.165, 1.54) is 27.7 Å². The van der Waals surface area contributed by atoms with Crippen molar-refractivity contribution in [2.24, 2.45) is 0 Å². The van der Waals surface area contributed by atoms with Crippen LogP contribution in [0.1, 0.15) is 49.9 Å². The molecule has 0 heterocycles. The summed E-state index contributed by atoms with van der Waals surface area (Å²) in [4.78, 5) is 52.5.